The van der Waals surface area contributed by atoms with Gasteiger partial charge in [0.25, 0.3) is 0 Å². The first kappa shape index (κ1) is 19.8. The van der Waals surface area contributed by atoms with Crippen LogP contribution in [-0.2, 0) is 4.74 Å². The van der Waals surface area contributed by atoms with E-state index in [9.17, 15) is 0 Å². The van der Waals surface area contributed by atoms with E-state index in [1.807, 2.05) is 42.5 Å². The van der Waals surface area contributed by atoms with Crippen molar-refractivity contribution in [1.82, 2.24) is 19.9 Å². The number of benzene rings is 1. The third-order valence-corrected chi connectivity index (χ3v) is 5.13. The number of rotatable bonds is 7. The lowest BCUT2D eigenvalue weighted by Gasteiger charge is -2.26. The van der Waals surface area contributed by atoms with E-state index in [0.29, 0.717) is 11.0 Å². The lowest BCUT2D eigenvalue weighted by atomic mass is 10.1. The van der Waals surface area contributed by atoms with Crippen molar-refractivity contribution in [2.24, 2.45) is 0 Å². The molecule has 1 aromatic carbocycles. The third kappa shape index (κ3) is 5.50. The van der Waals surface area contributed by atoms with Crippen LogP contribution in [0.1, 0.15) is 6.42 Å². The summed E-state index contributed by atoms with van der Waals surface area (Å²) in [6, 6.07) is 13.6. The fraction of sp³-hybridized carbons (Fsp3) is 0.318. The van der Waals surface area contributed by atoms with Gasteiger partial charge in [-0.05, 0) is 43.3 Å². The second kappa shape index (κ2) is 9.78. The van der Waals surface area contributed by atoms with E-state index in [0.717, 1.165) is 68.3 Å². The molecule has 1 N–H and O–H groups in total. The number of nitrogens with zero attached hydrogens (tertiary/aromatic N) is 4. The first-order chi connectivity index (χ1) is 14.3. The zero-order valence-electron chi connectivity index (χ0n) is 16.2. The van der Waals surface area contributed by atoms with Gasteiger partial charge in [-0.1, -0.05) is 23.7 Å². The van der Waals surface area contributed by atoms with Crippen LogP contribution < -0.4 is 5.32 Å². The molecule has 6 nitrogen and oxygen atoms in total. The van der Waals surface area contributed by atoms with Gasteiger partial charge in [0.05, 0.1) is 24.6 Å². The van der Waals surface area contributed by atoms with E-state index in [1.165, 1.54) is 0 Å². The zero-order chi connectivity index (χ0) is 19.9. The summed E-state index contributed by atoms with van der Waals surface area (Å²) in [5.74, 6) is 0.631. The predicted octanol–water partition coefficient (Wildman–Crippen LogP) is 3.99. The highest BCUT2D eigenvalue weighted by atomic mass is 35.5. The zero-order valence-corrected chi connectivity index (χ0v) is 17.0. The Hall–Kier alpha value is -2.54. The van der Waals surface area contributed by atoms with Gasteiger partial charge in [-0.3, -0.25) is 9.88 Å². The molecule has 2 aromatic heterocycles. The molecule has 0 saturated carbocycles. The van der Waals surface area contributed by atoms with Gasteiger partial charge >= 0.3 is 0 Å². The molecule has 7 heteroatoms. The standard InChI is InChI=1S/C22H24ClN5O/c23-19-4-2-17(3-5-19)20-16-21(18-6-9-24-10-7-18)27-22(26-20)25-8-1-11-28-12-14-29-15-13-28/h2-7,9-10,16H,1,8,11-15H2,(H,25,26,27). The van der Waals surface area contributed by atoms with Crippen LogP contribution in [0.15, 0.2) is 54.9 Å². The van der Waals surface area contributed by atoms with Crippen LogP contribution in [-0.4, -0.2) is 59.2 Å². The summed E-state index contributed by atoms with van der Waals surface area (Å²) in [6.07, 6.45) is 4.57. The Labute approximate surface area is 175 Å². The number of hydrogen-bond acceptors (Lipinski definition) is 6. The Kier molecular flexibility index (Phi) is 6.67. The molecule has 0 spiro atoms. The summed E-state index contributed by atoms with van der Waals surface area (Å²) in [5, 5.41) is 4.10. The predicted molar refractivity (Wildman–Crippen MR) is 116 cm³/mol. The Bertz CT molecular complexity index is 914. The maximum atomic E-state index is 6.04. The average molecular weight is 410 g/mol. The first-order valence-corrected chi connectivity index (χ1v) is 10.3. The number of aromatic nitrogens is 3. The number of halogens is 1. The van der Waals surface area contributed by atoms with Gasteiger partial charge in [-0.25, -0.2) is 9.97 Å². The fourth-order valence-corrected chi connectivity index (χ4v) is 3.42. The van der Waals surface area contributed by atoms with Crippen molar-refractivity contribution in [2.45, 2.75) is 6.42 Å². The second-order valence-electron chi connectivity index (χ2n) is 6.94. The summed E-state index contributed by atoms with van der Waals surface area (Å²) < 4.78 is 5.40. The van der Waals surface area contributed by atoms with Crippen LogP contribution >= 0.6 is 11.6 Å². The van der Waals surface area contributed by atoms with Crippen molar-refractivity contribution in [3.8, 4) is 22.5 Å². The molecule has 0 aliphatic carbocycles. The molecular formula is C22H24ClN5O. The van der Waals surface area contributed by atoms with E-state index in [2.05, 4.69) is 15.2 Å². The van der Waals surface area contributed by atoms with Gasteiger partial charge in [-0.15, -0.1) is 0 Å². The van der Waals surface area contributed by atoms with Gasteiger partial charge in [0.2, 0.25) is 5.95 Å². The Morgan fingerprint density at radius 3 is 2.28 bits per heavy atom. The molecule has 1 fully saturated rings. The SMILES string of the molecule is Clc1ccc(-c2cc(-c3ccncc3)nc(NCCCN3CCOCC3)n2)cc1. The Morgan fingerprint density at radius 2 is 1.59 bits per heavy atom. The summed E-state index contributed by atoms with van der Waals surface area (Å²) in [4.78, 5) is 16.0. The van der Waals surface area contributed by atoms with Gasteiger partial charge in [0, 0.05) is 48.2 Å². The second-order valence-corrected chi connectivity index (χ2v) is 7.38. The molecule has 0 bridgehead atoms. The minimum Gasteiger partial charge on any atom is -0.379 e. The lowest BCUT2D eigenvalue weighted by molar-refractivity contribution is 0.0378. The van der Waals surface area contributed by atoms with Crippen molar-refractivity contribution < 1.29 is 4.74 Å². The van der Waals surface area contributed by atoms with Crippen LogP contribution in [0.5, 0.6) is 0 Å². The average Bonchev–Trinajstić information content (AvgIpc) is 2.78. The summed E-state index contributed by atoms with van der Waals surface area (Å²) >= 11 is 6.04. The van der Waals surface area contributed by atoms with Gasteiger partial charge in [0.15, 0.2) is 0 Å². The van der Waals surface area contributed by atoms with E-state index in [-0.39, 0.29) is 0 Å². The minimum atomic E-state index is 0.631. The largest absolute Gasteiger partial charge is 0.379 e. The third-order valence-electron chi connectivity index (χ3n) is 4.88. The normalized spacial score (nSPS) is 14.7. The topological polar surface area (TPSA) is 63.2 Å². The van der Waals surface area contributed by atoms with Crippen LogP contribution in [0.25, 0.3) is 22.5 Å². The van der Waals surface area contributed by atoms with Crippen LogP contribution in [0, 0.1) is 0 Å². The number of pyridine rings is 1. The van der Waals surface area contributed by atoms with Crippen molar-refractivity contribution in [1.29, 1.82) is 0 Å². The maximum absolute atomic E-state index is 6.04. The van der Waals surface area contributed by atoms with E-state index in [4.69, 9.17) is 26.3 Å². The molecule has 4 rings (SSSR count). The Morgan fingerprint density at radius 1 is 0.931 bits per heavy atom. The molecule has 0 amide bonds. The van der Waals surface area contributed by atoms with E-state index in [1.54, 1.807) is 12.4 Å². The molecule has 1 aliphatic heterocycles. The number of anilines is 1. The van der Waals surface area contributed by atoms with Crippen molar-refractivity contribution >= 4 is 17.5 Å². The quantitative estimate of drug-likeness (QED) is 0.595. The number of hydrogen-bond donors (Lipinski definition) is 1. The molecule has 29 heavy (non-hydrogen) atoms. The minimum absolute atomic E-state index is 0.631. The Balaban J connectivity index is 1.50. The van der Waals surface area contributed by atoms with Gasteiger partial charge in [0.1, 0.15) is 0 Å². The molecule has 0 unspecified atom stereocenters. The van der Waals surface area contributed by atoms with E-state index < -0.39 is 0 Å². The van der Waals surface area contributed by atoms with Gasteiger partial charge < -0.3 is 10.1 Å². The maximum Gasteiger partial charge on any atom is 0.223 e. The first-order valence-electron chi connectivity index (χ1n) is 9.87. The van der Waals surface area contributed by atoms with Crippen molar-refractivity contribution in [3.05, 3.63) is 59.9 Å². The van der Waals surface area contributed by atoms with Gasteiger partial charge in [-0.2, -0.15) is 0 Å². The van der Waals surface area contributed by atoms with Crippen LogP contribution in [0.4, 0.5) is 5.95 Å². The number of ether oxygens (including phenoxy) is 1. The molecule has 150 valence electrons. The van der Waals surface area contributed by atoms with Crippen molar-refractivity contribution in [2.75, 3.05) is 44.7 Å². The van der Waals surface area contributed by atoms with Crippen LogP contribution in [0.3, 0.4) is 0 Å². The summed E-state index contributed by atoms with van der Waals surface area (Å²) in [5.41, 5.74) is 3.74. The lowest BCUT2D eigenvalue weighted by Crippen LogP contribution is -2.37. The summed E-state index contributed by atoms with van der Waals surface area (Å²) in [7, 11) is 0. The number of nitrogens with one attached hydrogen (secondary N) is 1. The highest BCUT2D eigenvalue weighted by Gasteiger charge is 2.11. The molecule has 3 aromatic rings. The number of morpholine rings is 1. The summed E-state index contributed by atoms with van der Waals surface area (Å²) in [6.45, 7) is 5.54. The fourth-order valence-electron chi connectivity index (χ4n) is 3.29. The highest BCUT2D eigenvalue weighted by Crippen LogP contribution is 2.26. The molecule has 1 aliphatic rings. The smallest absolute Gasteiger partial charge is 0.223 e. The van der Waals surface area contributed by atoms with E-state index >= 15 is 0 Å². The molecule has 3 heterocycles. The molecule has 0 radical (unpaired) electrons. The molecule has 1 saturated heterocycles. The molecule has 0 atom stereocenters. The highest BCUT2D eigenvalue weighted by molar-refractivity contribution is 6.30. The van der Waals surface area contributed by atoms with Crippen LogP contribution in [0.2, 0.25) is 5.02 Å². The van der Waals surface area contributed by atoms with Crippen molar-refractivity contribution in [3.63, 3.8) is 0 Å². The molecular weight excluding hydrogens is 386 g/mol. The monoisotopic (exact) mass is 409 g/mol.